The Hall–Kier alpha value is -1.24. The summed E-state index contributed by atoms with van der Waals surface area (Å²) < 4.78 is 5.58. The van der Waals surface area contributed by atoms with Gasteiger partial charge in [0.05, 0.1) is 10.6 Å². The molecule has 1 aromatic heterocycles. The average Bonchev–Trinajstić information content (AvgIpc) is 2.68. The molecule has 2 heterocycles. The molecule has 2 rings (SSSR count). The minimum atomic E-state index is -0.0447. The normalized spacial score (nSPS) is 17.5. The summed E-state index contributed by atoms with van der Waals surface area (Å²) in [6.07, 6.45) is 4.25. The standard InChI is InChI=1S/C13H14N2O2S2/c1-17-8-4-7-15-12(16)11(19-13(15)18)9-10-5-2-3-6-14-10/h2-3,5-6,9H,4,7-8H2,1H3. The lowest BCUT2D eigenvalue weighted by molar-refractivity contribution is -0.122. The highest BCUT2D eigenvalue weighted by molar-refractivity contribution is 8.26. The molecular weight excluding hydrogens is 280 g/mol. The van der Waals surface area contributed by atoms with E-state index in [0.29, 0.717) is 22.4 Å². The highest BCUT2D eigenvalue weighted by Crippen LogP contribution is 2.32. The molecule has 1 aromatic rings. The van der Waals surface area contributed by atoms with Crippen LogP contribution in [0.1, 0.15) is 12.1 Å². The number of thiocarbonyl (C=S) groups is 1. The van der Waals surface area contributed by atoms with Crippen LogP contribution in [0.5, 0.6) is 0 Å². The molecule has 1 fully saturated rings. The first kappa shape index (κ1) is 14.2. The van der Waals surface area contributed by atoms with Crippen LogP contribution in [0.25, 0.3) is 6.08 Å². The number of methoxy groups -OCH3 is 1. The molecule has 100 valence electrons. The van der Waals surface area contributed by atoms with Gasteiger partial charge in [0.2, 0.25) is 0 Å². The molecule has 0 atom stereocenters. The van der Waals surface area contributed by atoms with Gasteiger partial charge in [-0.15, -0.1) is 0 Å². The second kappa shape index (κ2) is 6.79. The van der Waals surface area contributed by atoms with Gasteiger partial charge in [0, 0.05) is 26.5 Å². The number of ether oxygens (including phenoxy) is 1. The molecule has 1 amide bonds. The van der Waals surface area contributed by atoms with Crippen LogP contribution in [-0.2, 0) is 9.53 Å². The zero-order valence-electron chi connectivity index (χ0n) is 10.5. The van der Waals surface area contributed by atoms with E-state index in [9.17, 15) is 4.79 Å². The average molecular weight is 294 g/mol. The fourth-order valence-electron chi connectivity index (χ4n) is 1.66. The zero-order valence-corrected chi connectivity index (χ0v) is 12.2. The van der Waals surface area contributed by atoms with E-state index in [1.807, 2.05) is 18.2 Å². The molecule has 1 aliphatic rings. The first-order valence-electron chi connectivity index (χ1n) is 5.87. The van der Waals surface area contributed by atoms with Crippen molar-refractivity contribution >= 4 is 40.3 Å². The van der Waals surface area contributed by atoms with E-state index in [2.05, 4.69) is 4.98 Å². The maximum Gasteiger partial charge on any atom is 0.266 e. The molecule has 0 radical (unpaired) electrons. The number of nitrogens with zero attached hydrogens (tertiary/aromatic N) is 2. The number of amides is 1. The van der Waals surface area contributed by atoms with Crippen molar-refractivity contribution in [2.45, 2.75) is 6.42 Å². The molecule has 0 bridgehead atoms. The summed E-state index contributed by atoms with van der Waals surface area (Å²) in [4.78, 5) is 18.6. The van der Waals surface area contributed by atoms with Crippen LogP contribution in [0, 0.1) is 0 Å². The van der Waals surface area contributed by atoms with E-state index < -0.39 is 0 Å². The maximum atomic E-state index is 12.2. The van der Waals surface area contributed by atoms with Crippen LogP contribution in [0.2, 0.25) is 0 Å². The molecular formula is C13H14N2O2S2. The molecule has 0 aromatic carbocycles. The molecule has 4 nitrogen and oxygen atoms in total. The van der Waals surface area contributed by atoms with Crippen molar-refractivity contribution in [1.29, 1.82) is 0 Å². The van der Waals surface area contributed by atoms with Crippen molar-refractivity contribution in [3.05, 3.63) is 35.0 Å². The number of aromatic nitrogens is 1. The van der Waals surface area contributed by atoms with E-state index in [4.69, 9.17) is 17.0 Å². The van der Waals surface area contributed by atoms with E-state index in [1.54, 1.807) is 24.3 Å². The van der Waals surface area contributed by atoms with Crippen LogP contribution in [0.4, 0.5) is 0 Å². The van der Waals surface area contributed by atoms with E-state index in [1.165, 1.54) is 11.8 Å². The predicted octanol–water partition coefficient (Wildman–Crippen LogP) is 2.32. The molecule has 0 N–H and O–H groups in total. The number of thioether (sulfide) groups is 1. The molecule has 0 saturated carbocycles. The van der Waals surface area contributed by atoms with Gasteiger partial charge in [0.25, 0.3) is 5.91 Å². The smallest absolute Gasteiger partial charge is 0.266 e. The van der Waals surface area contributed by atoms with Gasteiger partial charge in [0.15, 0.2) is 0 Å². The van der Waals surface area contributed by atoms with Crippen LogP contribution in [-0.4, -0.2) is 40.4 Å². The van der Waals surface area contributed by atoms with Crippen molar-refractivity contribution in [2.75, 3.05) is 20.3 Å². The summed E-state index contributed by atoms with van der Waals surface area (Å²) in [6.45, 7) is 1.22. The second-order valence-corrected chi connectivity index (χ2v) is 5.61. The number of rotatable bonds is 5. The summed E-state index contributed by atoms with van der Waals surface area (Å²) >= 11 is 6.55. The van der Waals surface area contributed by atoms with Crippen molar-refractivity contribution in [3.63, 3.8) is 0 Å². The van der Waals surface area contributed by atoms with Gasteiger partial charge in [-0.2, -0.15) is 0 Å². The van der Waals surface area contributed by atoms with Gasteiger partial charge < -0.3 is 4.74 Å². The lowest BCUT2D eigenvalue weighted by Gasteiger charge is -2.13. The van der Waals surface area contributed by atoms with E-state index in [-0.39, 0.29) is 5.91 Å². The Bertz CT molecular complexity index is 503. The third-order valence-corrected chi connectivity index (χ3v) is 3.95. The van der Waals surface area contributed by atoms with Crippen molar-refractivity contribution in [3.8, 4) is 0 Å². The van der Waals surface area contributed by atoms with Gasteiger partial charge >= 0.3 is 0 Å². The van der Waals surface area contributed by atoms with Crippen LogP contribution < -0.4 is 0 Å². The van der Waals surface area contributed by atoms with Crippen molar-refractivity contribution in [1.82, 2.24) is 9.88 Å². The Kier molecular flexibility index (Phi) is 5.07. The highest BCUT2D eigenvalue weighted by Gasteiger charge is 2.31. The monoisotopic (exact) mass is 294 g/mol. The number of hydrogen-bond donors (Lipinski definition) is 0. The number of carbonyl (C=O) groups excluding carboxylic acids is 1. The first-order valence-corrected chi connectivity index (χ1v) is 7.10. The quantitative estimate of drug-likeness (QED) is 0.474. The Morgan fingerprint density at radius 1 is 1.53 bits per heavy atom. The number of pyridine rings is 1. The molecule has 1 saturated heterocycles. The topological polar surface area (TPSA) is 42.4 Å². The van der Waals surface area contributed by atoms with Crippen LogP contribution >= 0.6 is 24.0 Å². The Balaban J connectivity index is 2.07. The zero-order chi connectivity index (χ0) is 13.7. The lowest BCUT2D eigenvalue weighted by Crippen LogP contribution is -2.29. The van der Waals surface area contributed by atoms with Gasteiger partial charge in [-0.3, -0.25) is 14.7 Å². The Morgan fingerprint density at radius 3 is 3.05 bits per heavy atom. The minimum Gasteiger partial charge on any atom is -0.385 e. The first-order chi connectivity index (χ1) is 9.22. The number of hydrogen-bond acceptors (Lipinski definition) is 5. The Morgan fingerprint density at radius 2 is 2.37 bits per heavy atom. The number of carbonyl (C=O) groups is 1. The van der Waals surface area contributed by atoms with Crippen molar-refractivity contribution in [2.24, 2.45) is 0 Å². The third kappa shape index (κ3) is 3.62. The lowest BCUT2D eigenvalue weighted by atomic mass is 10.3. The summed E-state index contributed by atoms with van der Waals surface area (Å²) in [5, 5.41) is 0. The van der Waals surface area contributed by atoms with Crippen LogP contribution in [0.15, 0.2) is 29.3 Å². The molecule has 19 heavy (non-hydrogen) atoms. The molecule has 0 spiro atoms. The summed E-state index contributed by atoms with van der Waals surface area (Å²) in [6, 6.07) is 5.59. The fourth-order valence-corrected chi connectivity index (χ4v) is 2.95. The van der Waals surface area contributed by atoms with Gasteiger partial charge in [0.1, 0.15) is 4.32 Å². The SMILES string of the molecule is COCCCN1C(=O)C(=Cc2ccccn2)SC1=S. The second-order valence-electron chi connectivity index (χ2n) is 3.93. The summed E-state index contributed by atoms with van der Waals surface area (Å²) in [5.74, 6) is -0.0447. The van der Waals surface area contributed by atoms with Gasteiger partial charge in [-0.05, 0) is 24.6 Å². The molecule has 1 aliphatic heterocycles. The van der Waals surface area contributed by atoms with Gasteiger partial charge in [-0.1, -0.05) is 30.0 Å². The minimum absolute atomic E-state index is 0.0447. The Labute approximate surface area is 121 Å². The third-order valence-electron chi connectivity index (χ3n) is 2.57. The predicted molar refractivity (Wildman–Crippen MR) is 80.6 cm³/mol. The highest BCUT2D eigenvalue weighted by atomic mass is 32.2. The molecule has 6 heteroatoms. The summed E-state index contributed by atoms with van der Waals surface area (Å²) in [7, 11) is 1.64. The largest absolute Gasteiger partial charge is 0.385 e. The molecule has 0 unspecified atom stereocenters. The summed E-state index contributed by atoms with van der Waals surface area (Å²) in [5.41, 5.74) is 0.764. The van der Waals surface area contributed by atoms with E-state index in [0.717, 1.165) is 12.1 Å². The maximum absolute atomic E-state index is 12.2. The van der Waals surface area contributed by atoms with Crippen LogP contribution in [0.3, 0.4) is 0 Å². The fraction of sp³-hybridized carbons (Fsp3) is 0.308. The van der Waals surface area contributed by atoms with E-state index >= 15 is 0 Å². The van der Waals surface area contributed by atoms with Crippen molar-refractivity contribution < 1.29 is 9.53 Å². The van der Waals surface area contributed by atoms with Gasteiger partial charge in [-0.25, -0.2) is 0 Å². The molecule has 0 aliphatic carbocycles.